The topological polar surface area (TPSA) is 106 Å². The lowest BCUT2D eigenvalue weighted by molar-refractivity contribution is -0.161. The molecule has 0 amide bonds. The maximum atomic E-state index is 12.6. The summed E-state index contributed by atoms with van der Waals surface area (Å²) in [7, 11) is 0. The van der Waals surface area contributed by atoms with E-state index in [-0.39, 0.29) is 26.1 Å². The largest absolute Gasteiger partial charge is 0.480 e. The Labute approximate surface area is 114 Å². The average Bonchev–Trinajstić information content (AvgIpc) is 2.92. The predicted octanol–water partition coefficient (Wildman–Crippen LogP) is 0.348. The van der Waals surface area contributed by atoms with Crippen molar-refractivity contribution in [1.29, 1.82) is 0 Å². The number of aliphatic carboxylic acids is 2. The fourth-order valence-electron chi connectivity index (χ4n) is 2.56. The van der Waals surface area contributed by atoms with Crippen molar-refractivity contribution < 1.29 is 29.3 Å². The fraction of sp³-hybridized carbons (Fsp3) is 0.462. The highest BCUT2D eigenvalue weighted by Gasteiger charge is 2.49. The van der Waals surface area contributed by atoms with Gasteiger partial charge in [-0.05, 0) is 12.1 Å². The van der Waals surface area contributed by atoms with Crippen LogP contribution in [0.15, 0.2) is 24.5 Å². The summed E-state index contributed by atoms with van der Waals surface area (Å²) in [6.45, 7) is 0.575. The van der Waals surface area contributed by atoms with Gasteiger partial charge in [0.25, 0.3) is 0 Å². The number of ketones is 1. The summed E-state index contributed by atoms with van der Waals surface area (Å²) >= 11 is 0. The highest BCUT2D eigenvalue weighted by molar-refractivity contribution is 6.16. The fourth-order valence-corrected chi connectivity index (χ4v) is 2.56. The number of carboxylic acids is 2. The summed E-state index contributed by atoms with van der Waals surface area (Å²) < 4.78 is 6.81. The minimum Gasteiger partial charge on any atom is -0.480 e. The molecule has 0 radical (unpaired) electrons. The number of carbonyl (C=O) groups is 3. The first-order chi connectivity index (χ1) is 9.49. The van der Waals surface area contributed by atoms with E-state index in [1.54, 1.807) is 29.1 Å². The van der Waals surface area contributed by atoms with Gasteiger partial charge in [0.15, 0.2) is 5.78 Å². The molecule has 7 heteroatoms. The number of nitrogens with zero attached hydrogens (tertiary/aromatic N) is 1. The second-order valence-electron chi connectivity index (χ2n) is 4.71. The van der Waals surface area contributed by atoms with E-state index in [1.807, 2.05) is 0 Å². The third-order valence-electron chi connectivity index (χ3n) is 3.63. The van der Waals surface area contributed by atoms with Gasteiger partial charge < -0.3 is 19.5 Å². The summed E-state index contributed by atoms with van der Waals surface area (Å²) in [6.07, 6.45) is 3.81. The molecule has 1 aliphatic rings. The molecule has 1 aliphatic heterocycles. The lowest BCUT2D eigenvalue weighted by atomic mass is 9.79. The number of ether oxygens (including phenoxy) is 1. The second-order valence-corrected chi connectivity index (χ2v) is 4.71. The predicted molar refractivity (Wildman–Crippen MR) is 66.2 cm³/mol. The lowest BCUT2D eigenvalue weighted by Crippen LogP contribution is -2.52. The first kappa shape index (κ1) is 14.3. The van der Waals surface area contributed by atoms with E-state index in [1.165, 1.54) is 0 Å². The number of hydrogen-bond acceptors (Lipinski definition) is 4. The van der Waals surface area contributed by atoms with Crippen LogP contribution in [0.4, 0.5) is 0 Å². The number of Topliss-reactive ketones (excluding diaryl/α,β-unsaturated/α-hetero) is 1. The van der Waals surface area contributed by atoms with Gasteiger partial charge in [-0.1, -0.05) is 0 Å². The van der Waals surface area contributed by atoms with Crippen molar-refractivity contribution in [3.8, 4) is 0 Å². The maximum Gasteiger partial charge on any atom is 0.325 e. The molecule has 0 saturated carbocycles. The zero-order valence-electron chi connectivity index (χ0n) is 10.7. The monoisotopic (exact) mass is 281 g/mol. The molecular formula is C13H15NO6. The normalized spacial score (nSPS) is 17.9. The third-order valence-corrected chi connectivity index (χ3v) is 3.63. The van der Waals surface area contributed by atoms with Gasteiger partial charge in [0.2, 0.25) is 5.92 Å². The standard InChI is InChI=1S/C13H15NO6/c15-10(9(11(16)17)12(18)19)13(3-7-20-8-4-13)14-5-1-2-6-14/h1-2,5-6,9H,3-4,7-8H2,(H,16,17)(H,18,19). The minimum absolute atomic E-state index is 0.261. The molecule has 7 nitrogen and oxygen atoms in total. The van der Waals surface area contributed by atoms with Crippen molar-refractivity contribution in [1.82, 2.24) is 4.57 Å². The summed E-state index contributed by atoms with van der Waals surface area (Å²) in [5.74, 6) is -6.14. The molecule has 1 saturated heterocycles. The summed E-state index contributed by atoms with van der Waals surface area (Å²) in [5.41, 5.74) is -1.16. The Hall–Kier alpha value is -2.15. The van der Waals surface area contributed by atoms with Crippen LogP contribution in [0.2, 0.25) is 0 Å². The smallest absolute Gasteiger partial charge is 0.325 e. The summed E-state index contributed by atoms with van der Waals surface area (Å²) in [5, 5.41) is 18.0. The van der Waals surface area contributed by atoms with Crippen molar-refractivity contribution in [2.24, 2.45) is 5.92 Å². The van der Waals surface area contributed by atoms with Gasteiger partial charge in [-0.3, -0.25) is 14.4 Å². The molecule has 0 spiro atoms. The minimum atomic E-state index is -2.06. The van der Waals surface area contributed by atoms with Crippen molar-refractivity contribution in [3.05, 3.63) is 24.5 Å². The van der Waals surface area contributed by atoms with Crippen molar-refractivity contribution in [2.45, 2.75) is 18.4 Å². The van der Waals surface area contributed by atoms with E-state index in [4.69, 9.17) is 14.9 Å². The Morgan fingerprint density at radius 3 is 2.00 bits per heavy atom. The van der Waals surface area contributed by atoms with E-state index >= 15 is 0 Å². The van der Waals surface area contributed by atoms with Gasteiger partial charge in [0.1, 0.15) is 5.54 Å². The average molecular weight is 281 g/mol. The van der Waals surface area contributed by atoms with Crippen LogP contribution < -0.4 is 0 Å². The van der Waals surface area contributed by atoms with E-state index in [9.17, 15) is 14.4 Å². The Kier molecular flexibility index (Phi) is 3.89. The quantitative estimate of drug-likeness (QED) is 0.754. The number of rotatable bonds is 5. The van der Waals surface area contributed by atoms with Crippen molar-refractivity contribution in [2.75, 3.05) is 13.2 Å². The highest BCUT2D eigenvalue weighted by Crippen LogP contribution is 2.33. The number of hydrogen-bond donors (Lipinski definition) is 2. The number of aromatic nitrogens is 1. The van der Waals surface area contributed by atoms with Crippen molar-refractivity contribution >= 4 is 17.7 Å². The molecule has 0 bridgehead atoms. The molecule has 2 heterocycles. The van der Waals surface area contributed by atoms with Crippen LogP contribution >= 0.6 is 0 Å². The SMILES string of the molecule is O=C(O)C(C(=O)O)C(=O)C1(n2cccc2)CCOCC1. The number of carbonyl (C=O) groups excluding carboxylic acids is 1. The van der Waals surface area contributed by atoms with Gasteiger partial charge in [-0.2, -0.15) is 0 Å². The van der Waals surface area contributed by atoms with Crippen LogP contribution in [0.3, 0.4) is 0 Å². The van der Waals surface area contributed by atoms with Crippen LogP contribution in [0, 0.1) is 5.92 Å². The molecule has 2 rings (SSSR count). The van der Waals surface area contributed by atoms with E-state index in [0.29, 0.717) is 0 Å². The molecule has 1 fully saturated rings. The first-order valence-corrected chi connectivity index (χ1v) is 6.20. The summed E-state index contributed by atoms with van der Waals surface area (Å²) in [6, 6.07) is 3.42. The molecule has 0 aromatic carbocycles. The second kappa shape index (κ2) is 5.46. The van der Waals surface area contributed by atoms with Gasteiger partial charge in [-0.15, -0.1) is 0 Å². The Balaban J connectivity index is 2.44. The highest BCUT2D eigenvalue weighted by atomic mass is 16.5. The molecular weight excluding hydrogens is 266 g/mol. The molecule has 0 atom stereocenters. The third kappa shape index (κ3) is 2.32. The zero-order chi connectivity index (χ0) is 14.8. The molecule has 20 heavy (non-hydrogen) atoms. The van der Waals surface area contributed by atoms with Gasteiger partial charge >= 0.3 is 11.9 Å². The van der Waals surface area contributed by atoms with Crippen LogP contribution in [-0.2, 0) is 24.7 Å². The zero-order valence-corrected chi connectivity index (χ0v) is 10.7. The Morgan fingerprint density at radius 1 is 1.05 bits per heavy atom. The Morgan fingerprint density at radius 2 is 1.55 bits per heavy atom. The van der Waals surface area contributed by atoms with Gasteiger partial charge in [0.05, 0.1) is 0 Å². The van der Waals surface area contributed by atoms with Crippen LogP contribution in [0.5, 0.6) is 0 Å². The Bertz CT molecular complexity index is 501. The number of carboxylic acid groups (broad SMARTS) is 2. The molecule has 1 aromatic rings. The van der Waals surface area contributed by atoms with E-state index < -0.39 is 29.2 Å². The van der Waals surface area contributed by atoms with E-state index in [2.05, 4.69) is 0 Å². The van der Waals surface area contributed by atoms with Crippen molar-refractivity contribution in [3.63, 3.8) is 0 Å². The van der Waals surface area contributed by atoms with Crippen LogP contribution in [0.1, 0.15) is 12.8 Å². The molecule has 0 aliphatic carbocycles. The van der Waals surface area contributed by atoms with Crippen LogP contribution in [0.25, 0.3) is 0 Å². The molecule has 108 valence electrons. The molecule has 0 unspecified atom stereocenters. The lowest BCUT2D eigenvalue weighted by Gasteiger charge is -2.38. The molecule has 1 aromatic heterocycles. The maximum absolute atomic E-state index is 12.6. The van der Waals surface area contributed by atoms with Crippen LogP contribution in [-0.4, -0.2) is 45.7 Å². The van der Waals surface area contributed by atoms with Gasteiger partial charge in [-0.25, -0.2) is 0 Å². The summed E-state index contributed by atoms with van der Waals surface area (Å²) in [4.78, 5) is 34.8. The first-order valence-electron chi connectivity index (χ1n) is 6.20. The van der Waals surface area contributed by atoms with E-state index in [0.717, 1.165) is 0 Å². The molecule has 2 N–H and O–H groups in total. The van der Waals surface area contributed by atoms with Gasteiger partial charge in [0, 0.05) is 38.4 Å².